The molecule has 7 heteroatoms. The number of amides is 1. The minimum Gasteiger partial charge on any atom is -0.275 e. The van der Waals surface area contributed by atoms with Crippen LogP contribution in [0.5, 0.6) is 0 Å². The monoisotopic (exact) mass is 289 g/mol. The summed E-state index contributed by atoms with van der Waals surface area (Å²) in [5, 5.41) is 4.77. The van der Waals surface area contributed by atoms with Gasteiger partial charge in [-0.3, -0.25) is 14.3 Å². The smallest absolute Gasteiger partial charge is 0.275 e. The van der Waals surface area contributed by atoms with Crippen LogP contribution >= 0.6 is 0 Å². The molecule has 0 aliphatic rings. The molecule has 20 heavy (non-hydrogen) atoms. The van der Waals surface area contributed by atoms with Gasteiger partial charge in [0.1, 0.15) is 5.69 Å². The first kappa shape index (κ1) is 16.6. The van der Waals surface area contributed by atoms with E-state index >= 15 is 0 Å². The molecule has 0 aliphatic heterocycles. The zero-order chi connectivity index (χ0) is 15.4. The highest BCUT2D eigenvalue weighted by atomic mass is 19.3. The second-order valence-corrected chi connectivity index (χ2v) is 4.84. The number of carbonyl (C=O) groups is 1. The molecular formula is C13H21F2N3O2. The number of nitrogens with zero attached hydrogens (tertiary/aromatic N) is 3. The summed E-state index contributed by atoms with van der Waals surface area (Å²) in [6.07, 6.45) is -0.657. The number of rotatable bonds is 6. The first-order valence-electron chi connectivity index (χ1n) is 6.52. The summed E-state index contributed by atoms with van der Waals surface area (Å²) >= 11 is 0. The van der Waals surface area contributed by atoms with Crippen LogP contribution in [0.25, 0.3) is 0 Å². The van der Waals surface area contributed by atoms with Crippen molar-refractivity contribution < 1.29 is 18.4 Å². The Hall–Kier alpha value is -1.50. The number of halogens is 2. The standard InChI is InChI=1S/C13H21F2N3O2/c1-6-8(2)9(3)18(20-5)13(19)10-7-17(4)16-11(10)12(14)15/h7-9,12H,6H2,1-5H3. The maximum atomic E-state index is 12.9. The summed E-state index contributed by atoms with van der Waals surface area (Å²) in [4.78, 5) is 17.5. The Labute approximate surface area is 117 Å². The molecule has 2 atom stereocenters. The molecule has 5 nitrogen and oxygen atoms in total. The van der Waals surface area contributed by atoms with E-state index in [1.165, 1.54) is 25.0 Å². The maximum absolute atomic E-state index is 12.9. The zero-order valence-electron chi connectivity index (χ0n) is 12.4. The highest BCUT2D eigenvalue weighted by molar-refractivity contribution is 5.94. The van der Waals surface area contributed by atoms with Gasteiger partial charge in [0.25, 0.3) is 12.3 Å². The van der Waals surface area contributed by atoms with Crippen LogP contribution in [0.3, 0.4) is 0 Å². The lowest BCUT2D eigenvalue weighted by Gasteiger charge is -2.30. The molecule has 0 fully saturated rings. The van der Waals surface area contributed by atoms with Crippen LogP contribution in [0.2, 0.25) is 0 Å². The molecule has 0 bridgehead atoms. The van der Waals surface area contributed by atoms with Gasteiger partial charge < -0.3 is 0 Å². The van der Waals surface area contributed by atoms with E-state index in [4.69, 9.17) is 4.84 Å². The van der Waals surface area contributed by atoms with Gasteiger partial charge >= 0.3 is 0 Å². The van der Waals surface area contributed by atoms with Gasteiger partial charge in [-0.15, -0.1) is 0 Å². The topological polar surface area (TPSA) is 47.4 Å². The van der Waals surface area contributed by atoms with Crippen molar-refractivity contribution in [2.24, 2.45) is 13.0 Å². The van der Waals surface area contributed by atoms with Crippen molar-refractivity contribution in [2.75, 3.05) is 7.11 Å². The number of hydrogen-bond acceptors (Lipinski definition) is 3. The van der Waals surface area contributed by atoms with Crippen molar-refractivity contribution in [2.45, 2.75) is 39.7 Å². The third-order valence-electron chi connectivity index (χ3n) is 3.53. The predicted molar refractivity (Wildman–Crippen MR) is 70.3 cm³/mol. The Balaban J connectivity index is 3.08. The highest BCUT2D eigenvalue weighted by Gasteiger charge is 2.30. The number of carbonyl (C=O) groups excluding carboxylic acids is 1. The van der Waals surface area contributed by atoms with Crippen LogP contribution in [-0.2, 0) is 11.9 Å². The molecule has 1 rings (SSSR count). The van der Waals surface area contributed by atoms with Crippen LogP contribution in [0.15, 0.2) is 6.20 Å². The number of hydrogen-bond donors (Lipinski definition) is 0. The molecule has 1 aromatic rings. The van der Waals surface area contributed by atoms with E-state index in [-0.39, 0.29) is 17.5 Å². The molecule has 0 radical (unpaired) electrons. The Morgan fingerprint density at radius 2 is 2.10 bits per heavy atom. The molecule has 0 saturated heterocycles. The molecule has 114 valence electrons. The normalized spacial score (nSPS) is 14.4. The summed E-state index contributed by atoms with van der Waals surface area (Å²) in [5.41, 5.74) is -0.643. The number of hydroxylamine groups is 2. The van der Waals surface area contributed by atoms with Crippen LogP contribution in [0, 0.1) is 5.92 Å². The van der Waals surface area contributed by atoms with Crippen LogP contribution < -0.4 is 0 Å². The summed E-state index contributed by atoms with van der Waals surface area (Å²) in [5.74, 6) is -0.408. The quantitative estimate of drug-likeness (QED) is 0.757. The van der Waals surface area contributed by atoms with Crippen LogP contribution in [0.1, 0.15) is 49.7 Å². The number of alkyl halides is 2. The first-order chi connectivity index (χ1) is 9.33. The van der Waals surface area contributed by atoms with Gasteiger partial charge in [0, 0.05) is 13.2 Å². The van der Waals surface area contributed by atoms with Crippen molar-refractivity contribution in [1.82, 2.24) is 14.8 Å². The molecule has 0 N–H and O–H groups in total. The average molecular weight is 289 g/mol. The van der Waals surface area contributed by atoms with Crippen molar-refractivity contribution >= 4 is 5.91 Å². The van der Waals surface area contributed by atoms with E-state index in [1.807, 2.05) is 20.8 Å². The van der Waals surface area contributed by atoms with Crippen molar-refractivity contribution in [3.8, 4) is 0 Å². The van der Waals surface area contributed by atoms with Crippen molar-refractivity contribution in [3.63, 3.8) is 0 Å². The molecule has 1 amide bonds. The zero-order valence-corrected chi connectivity index (χ0v) is 12.4. The van der Waals surface area contributed by atoms with Gasteiger partial charge in [-0.2, -0.15) is 5.10 Å². The summed E-state index contributed by atoms with van der Waals surface area (Å²) in [6, 6.07) is -0.219. The second kappa shape index (κ2) is 6.78. The van der Waals surface area contributed by atoms with Crippen LogP contribution in [-0.4, -0.2) is 33.9 Å². The fourth-order valence-electron chi connectivity index (χ4n) is 1.96. The van der Waals surface area contributed by atoms with Gasteiger partial charge in [-0.05, 0) is 12.8 Å². The fraction of sp³-hybridized carbons (Fsp3) is 0.692. The molecule has 1 heterocycles. The van der Waals surface area contributed by atoms with Gasteiger partial charge in [-0.25, -0.2) is 13.8 Å². The molecular weight excluding hydrogens is 268 g/mol. The highest BCUT2D eigenvalue weighted by Crippen LogP contribution is 2.24. The molecule has 0 aliphatic carbocycles. The van der Waals surface area contributed by atoms with E-state index in [0.29, 0.717) is 0 Å². The minimum absolute atomic E-state index is 0.125. The maximum Gasteiger partial charge on any atom is 0.282 e. The van der Waals surface area contributed by atoms with E-state index in [9.17, 15) is 13.6 Å². The van der Waals surface area contributed by atoms with Gasteiger partial charge in [0.2, 0.25) is 0 Å². The fourth-order valence-corrected chi connectivity index (χ4v) is 1.96. The van der Waals surface area contributed by atoms with E-state index < -0.39 is 18.0 Å². The minimum atomic E-state index is -2.80. The molecule has 1 aromatic heterocycles. The van der Waals surface area contributed by atoms with Gasteiger partial charge in [0.15, 0.2) is 0 Å². The third-order valence-corrected chi connectivity index (χ3v) is 3.53. The molecule has 0 spiro atoms. The number of aryl methyl sites for hydroxylation is 1. The number of aromatic nitrogens is 2. The largest absolute Gasteiger partial charge is 0.282 e. The summed E-state index contributed by atoms with van der Waals surface area (Å²) in [7, 11) is 2.85. The van der Waals surface area contributed by atoms with E-state index in [0.717, 1.165) is 11.5 Å². The average Bonchev–Trinajstić information content (AvgIpc) is 2.80. The first-order valence-corrected chi connectivity index (χ1v) is 6.52. The molecule has 0 aromatic carbocycles. The predicted octanol–water partition coefficient (Wildman–Crippen LogP) is 2.80. The second-order valence-electron chi connectivity index (χ2n) is 4.84. The van der Waals surface area contributed by atoms with Gasteiger partial charge in [0.05, 0.1) is 18.7 Å². The Morgan fingerprint density at radius 3 is 2.55 bits per heavy atom. The Bertz CT molecular complexity index is 462. The Morgan fingerprint density at radius 1 is 1.50 bits per heavy atom. The molecule has 0 saturated carbocycles. The Kier molecular flexibility index (Phi) is 5.62. The summed E-state index contributed by atoms with van der Waals surface area (Å²) < 4.78 is 27.0. The van der Waals surface area contributed by atoms with Crippen molar-refractivity contribution in [3.05, 3.63) is 17.5 Å². The third kappa shape index (κ3) is 3.33. The van der Waals surface area contributed by atoms with E-state index in [1.54, 1.807) is 0 Å². The van der Waals surface area contributed by atoms with E-state index in [2.05, 4.69) is 5.10 Å². The summed E-state index contributed by atoms with van der Waals surface area (Å²) in [6.45, 7) is 5.79. The SMILES string of the molecule is CCC(C)C(C)N(OC)C(=O)c1cn(C)nc1C(F)F. The lowest BCUT2D eigenvalue weighted by Crippen LogP contribution is -2.41. The molecule has 2 unspecified atom stereocenters. The van der Waals surface area contributed by atoms with Gasteiger partial charge in [-0.1, -0.05) is 20.3 Å². The van der Waals surface area contributed by atoms with Crippen molar-refractivity contribution in [1.29, 1.82) is 0 Å². The lowest BCUT2D eigenvalue weighted by molar-refractivity contribution is -0.130. The van der Waals surface area contributed by atoms with Crippen LogP contribution in [0.4, 0.5) is 8.78 Å². The lowest BCUT2D eigenvalue weighted by atomic mass is 10.00.